The third-order valence-electron chi connectivity index (χ3n) is 2.83. The van der Waals surface area contributed by atoms with E-state index in [0.29, 0.717) is 11.1 Å². The van der Waals surface area contributed by atoms with Gasteiger partial charge in [0, 0.05) is 6.26 Å². The van der Waals surface area contributed by atoms with Crippen molar-refractivity contribution in [3.8, 4) is 0 Å². The van der Waals surface area contributed by atoms with Gasteiger partial charge in [-0.25, -0.2) is 13.2 Å². The van der Waals surface area contributed by atoms with Crippen molar-refractivity contribution in [3.05, 3.63) is 28.8 Å². The molecule has 0 radical (unpaired) electrons. The molecule has 0 heterocycles. The lowest BCUT2D eigenvalue weighted by Crippen LogP contribution is -2.16. The summed E-state index contributed by atoms with van der Waals surface area (Å²) in [5.41, 5.74) is 1.61. The highest BCUT2D eigenvalue weighted by atomic mass is 32.2. The van der Waals surface area contributed by atoms with E-state index in [-0.39, 0.29) is 10.5 Å². The quantitative estimate of drug-likeness (QED) is 0.827. The van der Waals surface area contributed by atoms with Crippen LogP contribution in [0.2, 0.25) is 0 Å². The van der Waals surface area contributed by atoms with Crippen LogP contribution >= 0.6 is 0 Å². The molecular weight excluding hydrogens is 256 g/mol. The van der Waals surface area contributed by atoms with Crippen molar-refractivity contribution in [1.29, 1.82) is 0 Å². The maximum absolute atomic E-state index is 11.5. The molecule has 0 aliphatic carbocycles. The maximum atomic E-state index is 11.5. The van der Waals surface area contributed by atoms with E-state index in [2.05, 4.69) is 4.74 Å². The SMILES string of the molecule is COC(=O)C(O)c1cc(S(C)(=O)=O)cc(C)c1C. The van der Waals surface area contributed by atoms with Gasteiger partial charge >= 0.3 is 5.97 Å². The Hall–Kier alpha value is -1.40. The van der Waals surface area contributed by atoms with E-state index in [0.717, 1.165) is 13.4 Å². The molecule has 100 valence electrons. The van der Waals surface area contributed by atoms with Gasteiger partial charge in [-0.1, -0.05) is 0 Å². The minimum Gasteiger partial charge on any atom is -0.467 e. The van der Waals surface area contributed by atoms with Crippen LogP contribution in [0.3, 0.4) is 0 Å². The normalized spacial score (nSPS) is 13.2. The van der Waals surface area contributed by atoms with Gasteiger partial charge in [-0.3, -0.25) is 0 Å². The van der Waals surface area contributed by atoms with Gasteiger partial charge in [0.1, 0.15) is 0 Å². The molecule has 0 fully saturated rings. The van der Waals surface area contributed by atoms with Crippen LogP contribution in [0.15, 0.2) is 17.0 Å². The topological polar surface area (TPSA) is 80.7 Å². The second-order valence-corrected chi connectivity index (χ2v) is 6.17. The molecule has 0 bridgehead atoms. The molecule has 1 unspecified atom stereocenters. The standard InChI is InChI=1S/C12H16O5S/c1-7-5-9(18(4,15)16)6-10(8(7)2)11(13)12(14)17-3/h5-6,11,13H,1-4H3. The minimum absolute atomic E-state index is 0.0727. The monoisotopic (exact) mass is 272 g/mol. The average Bonchev–Trinajstić information content (AvgIpc) is 2.29. The lowest BCUT2D eigenvalue weighted by molar-refractivity contribution is -0.150. The summed E-state index contributed by atoms with van der Waals surface area (Å²) in [6.07, 6.45) is -0.402. The summed E-state index contributed by atoms with van der Waals surface area (Å²) in [6.45, 7) is 3.43. The van der Waals surface area contributed by atoms with E-state index in [9.17, 15) is 18.3 Å². The maximum Gasteiger partial charge on any atom is 0.339 e. The molecule has 1 rings (SSSR count). The van der Waals surface area contributed by atoms with Crippen LogP contribution in [0, 0.1) is 13.8 Å². The second-order valence-electron chi connectivity index (χ2n) is 4.15. The number of carbonyl (C=O) groups excluding carboxylic acids is 1. The number of ether oxygens (including phenoxy) is 1. The summed E-state index contributed by atoms with van der Waals surface area (Å²) in [5.74, 6) is -0.817. The van der Waals surface area contributed by atoms with Gasteiger partial charge in [-0.05, 0) is 42.7 Å². The zero-order valence-electron chi connectivity index (χ0n) is 10.7. The zero-order chi connectivity index (χ0) is 14.1. The third-order valence-corrected chi connectivity index (χ3v) is 3.92. The Morgan fingerprint density at radius 3 is 2.33 bits per heavy atom. The molecule has 0 saturated heterocycles. The number of aryl methyl sites for hydroxylation is 1. The number of aliphatic hydroxyl groups is 1. The summed E-state index contributed by atoms with van der Waals surface area (Å²) >= 11 is 0. The Balaban J connectivity index is 3.45. The predicted molar refractivity (Wildman–Crippen MR) is 66.0 cm³/mol. The highest BCUT2D eigenvalue weighted by molar-refractivity contribution is 7.90. The number of hydrogen-bond donors (Lipinski definition) is 1. The first-order chi connectivity index (χ1) is 8.18. The van der Waals surface area contributed by atoms with Crippen LogP contribution in [0.1, 0.15) is 22.8 Å². The van der Waals surface area contributed by atoms with Crippen LogP contribution in [-0.4, -0.2) is 32.9 Å². The molecular formula is C12H16O5S. The molecule has 6 heteroatoms. The molecule has 1 N–H and O–H groups in total. The molecule has 1 atom stereocenters. The lowest BCUT2D eigenvalue weighted by atomic mass is 9.99. The number of hydrogen-bond acceptors (Lipinski definition) is 5. The first-order valence-corrected chi connectivity index (χ1v) is 7.14. The molecule has 1 aromatic rings. The number of carbonyl (C=O) groups is 1. The molecule has 0 aromatic heterocycles. The average molecular weight is 272 g/mol. The highest BCUT2D eigenvalue weighted by Crippen LogP contribution is 2.25. The van der Waals surface area contributed by atoms with E-state index in [1.165, 1.54) is 12.1 Å². The highest BCUT2D eigenvalue weighted by Gasteiger charge is 2.23. The van der Waals surface area contributed by atoms with E-state index in [1.807, 2.05) is 0 Å². The third kappa shape index (κ3) is 2.88. The van der Waals surface area contributed by atoms with Crippen molar-refractivity contribution in [2.45, 2.75) is 24.8 Å². The van der Waals surface area contributed by atoms with Crippen LogP contribution in [-0.2, 0) is 19.4 Å². The molecule has 0 aliphatic rings. The van der Waals surface area contributed by atoms with Crippen molar-refractivity contribution >= 4 is 15.8 Å². The Bertz CT molecular complexity index is 574. The van der Waals surface area contributed by atoms with Gasteiger partial charge in [0.05, 0.1) is 12.0 Å². The first kappa shape index (κ1) is 14.7. The smallest absolute Gasteiger partial charge is 0.339 e. The van der Waals surface area contributed by atoms with E-state index >= 15 is 0 Å². The number of benzene rings is 1. The van der Waals surface area contributed by atoms with Gasteiger partial charge in [-0.2, -0.15) is 0 Å². The zero-order valence-corrected chi connectivity index (χ0v) is 11.5. The lowest BCUT2D eigenvalue weighted by Gasteiger charge is -2.15. The summed E-state index contributed by atoms with van der Waals surface area (Å²) < 4.78 is 27.5. The largest absolute Gasteiger partial charge is 0.467 e. The molecule has 0 aliphatic heterocycles. The Labute approximate surface area is 106 Å². The molecule has 0 saturated carbocycles. The molecule has 18 heavy (non-hydrogen) atoms. The van der Waals surface area contributed by atoms with Crippen molar-refractivity contribution in [1.82, 2.24) is 0 Å². The number of esters is 1. The summed E-state index contributed by atoms with van der Waals surface area (Å²) in [5, 5.41) is 9.82. The summed E-state index contributed by atoms with van der Waals surface area (Å²) in [7, 11) is -2.23. The van der Waals surface area contributed by atoms with Crippen LogP contribution < -0.4 is 0 Å². The van der Waals surface area contributed by atoms with Crippen LogP contribution in [0.4, 0.5) is 0 Å². The predicted octanol–water partition coefficient (Wildman–Crippen LogP) is 0.913. The summed E-state index contributed by atoms with van der Waals surface area (Å²) in [4.78, 5) is 11.4. The van der Waals surface area contributed by atoms with E-state index < -0.39 is 21.9 Å². The number of aliphatic hydroxyl groups excluding tert-OH is 1. The molecule has 0 amide bonds. The number of methoxy groups -OCH3 is 1. The van der Waals surface area contributed by atoms with E-state index in [1.54, 1.807) is 13.8 Å². The van der Waals surface area contributed by atoms with Crippen LogP contribution in [0.25, 0.3) is 0 Å². The molecule has 5 nitrogen and oxygen atoms in total. The minimum atomic E-state index is -3.39. The molecule has 0 spiro atoms. The fraction of sp³-hybridized carbons (Fsp3) is 0.417. The number of rotatable bonds is 3. The fourth-order valence-electron chi connectivity index (χ4n) is 1.59. The summed E-state index contributed by atoms with van der Waals surface area (Å²) in [6, 6.07) is 2.82. The Kier molecular flexibility index (Phi) is 4.13. The van der Waals surface area contributed by atoms with Gasteiger partial charge in [0.2, 0.25) is 0 Å². The van der Waals surface area contributed by atoms with Crippen molar-refractivity contribution in [2.75, 3.05) is 13.4 Å². The van der Waals surface area contributed by atoms with Crippen LogP contribution in [0.5, 0.6) is 0 Å². The van der Waals surface area contributed by atoms with E-state index in [4.69, 9.17) is 0 Å². The first-order valence-electron chi connectivity index (χ1n) is 5.25. The Morgan fingerprint density at radius 1 is 1.33 bits per heavy atom. The van der Waals surface area contributed by atoms with Crippen molar-refractivity contribution < 1.29 is 23.1 Å². The molecule has 1 aromatic carbocycles. The van der Waals surface area contributed by atoms with Crippen molar-refractivity contribution in [2.24, 2.45) is 0 Å². The van der Waals surface area contributed by atoms with Gasteiger partial charge < -0.3 is 9.84 Å². The Morgan fingerprint density at radius 2 is 1.89 bits per heavy atom. The van der Waals surface area contributed by atoms with Gasteiger partial charge in [-0.15, -0.1) is 0 Å². The van der Waals surface area contributed by atoms with Crippen molar-refractivity contribution in [3.63, 3.8) is 0 Å². The van der Waals surface area contributed by atoms with Gasteiger partial charge in [0.15, 0.2) is 15.9 Å². The fourth-order valence-corrected chi connectivity index (χ4v) is 2.32. The second kappa shape index (κ2) is 5.07. The van der Waals surface area contributed by atoms with Gasteiger partial charge in [0.25, 0.3) is 0 Å². The number of sulfone groups is 1.